The van der Waals surface area contributed by atoms with Crippen LogP contribution in [0.25, 0.3) is 0 Å². The monoisotopic (exact) mass is 236 g/mol. The maximum Gasteiger partial charge on any atom is 0.289 e. The van der Waals surface area contributed by atoms with Crippen LogP contribution in [-0.2, 0) is 6.54 Å². The summed E-state index contributed by atoms with van der Waals surface area (Å²) in [5.41, 5.74) is 5.48. The van der Waals surface area contributed by atoms with Crippen LogP contribution in [0, 0.1) is 0 Å². The third-order valence-electron chi connectivity index (χ3n) is 3.43. The van der Waals surface area contributed by atoms with E-state index in [2.05, 4.69) is 6.92 Å². The van der Waals surface area contributed by atoms with Gasteiger partial charge in [0.1, 0.15) is 5.76 Å². The molecule has 1 atom stereocenters. The molecule has 0 spiro atoms. The summed E-state index contributed by atoms with van der Waals surface area (Å²) in [7, 11) is 0. The van der Waals surface area contributed by atoms with Gasteiger partial charge in [-0.05, 0) is 37.8 Å². The Bertz CT molecular complexity index is 387. The number of hydrogen-bond donors (Lipinski definition) is 1. The Kier molecular flexibility index (Phi) is 3.84. The third kappa shape index (κ3) is 2.52. The molecule has 1 amide bonds. The van der Waals surface area contributed by atoms with Crippen LogP contribution in [0.15, 0.2) is 16.5 Å². The second-order valence-electron chi connectivity index (χ2n) is 4.53. The maximum atomic E-state index is 12.3. The molecule has 1 aliphatic rings. The lowest BCUT2D eigenvalue weighted by atomic mass is 10.00. The van der Waals surface area contributed by atoms with E-state index in [0.717, 1.165) is 25.8 Å². The molecule has 0 saturated carbocycles. The Labute approximate surface area is 102 Å². The molecule has 1 saturated heterocycles. The topological polar surface area (TPSA) is 59.5 Å². The Morgan fingerprint density at radius 1 is 1.53 bits per heavy atom. The van der Waals surface area contributed by atoms with Gasteiger partial charge in [-0.15, -0.1) is 0 Å². The van der Waals surface area contributed by atoms with E-state index in [1.165, 1.54) is 6.42 Å². The molecule has 1 unspecified atom stereocenters. The van der Waals surface area contributed by atoms with Gasteiger partial charge in [0.2, 0.25) is 0 Å². The predicted molar refractivity (Wildman–Crippen MR) is 65.6 cm³/mol. The summed E-state index contributed by atoms with van der Waals surface area (Å²) >= 11 is 0. The highest BCUT2D eigenvalue weighted by atomic mass is 16.4. The zero-order valence-electron chi connectivity index (χ0n) is 10.3. The number of amides is 1. The molecule has 2 rings (SSSR count). The first kappa shape index (κ1) is 12.2. The van der Waals surface area contributed by atoms with Crippen molar-refractivity contribution in [3.8, 4) is 0 Å². The van der Waals surface area contributed by atoms with Gasteiger partial charge in [-0.1, -0.05) is 6.92 Å². The molecule has 1 fully saturated rings. The number of piperidine rings is 1. The minimum Gasteiger partial charge on any atom is -0.455 e. The van der Waals surface area contributed by atoms with Crippen LogP contribution in [-0.4, -0.2) is 23.4 Å². The van der Waals surface area contributed by atoms with Gasteiger partial charge in [0, 0.05) is 12.6 Å². The van der Waals surface area contributed by atoms with Crippen LogP contribution in [0.5, 0.6) is 0 Å². The predicted octanol–water partition coefficient (Wildman–Crippen LogP) is 2.14. The molecular formula is C13H20N2O2. The average Bonchev–Trinajstić information content (AvgIpc) is 2.86. The fourth-order valence-corrected chi connectivity index (χ4v) is 2.44. The lowest BCUT2D eigenvalue weighted by Gasteiger charge is -2.34. The number of nitrogens with zero attached hydrogens (tertiary/aromatic N) is 1. The molecule has 4 nitrogen and oxygen atoms in total. The van der Waals surface area contributed by atoms with Gasteiger partial charge in [0.05, 0.1) is 6.54 Å². The van der Waals surface area contributed by atoms with E-state index in [9.17, 15) is 4.79 Å². The van der Waals surface area contributed by atoms with Gasteiger partial charge < -0.3 is 15.1 Å². The van der Waals surface area contributed by atoms with Crippen LogP contribution in [0.2, 0.25) is 0 Å². The molecule has 94 valence electrons. The van der Waals surface area contributed by atoms with Crippen molar-refractivity contribution >= 4 is 5.91 Å². The van der Waals surface area contributed by atoms with Gasteiger partial charge in [-0.3, -0.25) is 4.79 Å². The second kappa shape index (κ2) is 5.36. The molecule has 17 heavy (non-hydrogen) atoms. The number of furan rings is 1. The van der Waals surface area contributed by atoms with E-state index < -0.39 is 0 Å². The van der Waals surface area contributed by atoms with E-state index in [1.54, 1.807) is 12.1 Å². The summed E-state index contributed by atoms with van der Waals surface area (Å²) in [6.45, 7) is 3.31. The highest BCUT2D eigenvalue weighted by Gasteiger charge is 2.27. The molecule has 1 aliphatic heterocycles. The molecule has 4 heteroatoms. The summed E-state index contributed by atoms with van der Waals surface area (Å²) in [6, 6.07) is 3.87. The van der Waals surface area contributed by atoms with Crippen LogP contribution >= 0.6 is 0 Å². The summed E-state index contributed by atoms with van der Waals surface area (Å²) < 4.78 is 5.42. The first-order valence-electron chi connectivity index (χ1n) is 6.36. The Morgan fingerprint density at radius 2 is 2.35 bits per heavy atom. The van der Waals surface area contributed by atoms with Gasteiger partial charge in [-0.25, -0.2) is 0 Å². The Balaban J connectivity index is 2.12. The quantitative estimate of drug-likeness (QED) is 0.874. The first-order valence-corrected chi connectivity index (χ1v) is 6.36. The van der Waals surface area contributed by atoms with Gasteiger partial charge >= 0.3 is 0 Å². The van der Waals surface area contributed by atoms with Crippen molar-refractivity contribution in [1.82, 2.24) is 4.90 Å². The van der Waals surface area contributed by atoms with Crippen molar-refractivity contribution in [3.63, 3.8) is 0 Å². The molecular weight excluding hydrogens is 216 g/mol. The van der Waals surface area contributed by atoms with E-state index >= 15 is 0 Å². The fraction of sp³-hybridized carbons (Fsp3) is 0.615. The average molecular weight is 236 g/mol. The second-order valence-corrected chi connectivity index (χ2v) is 4.53. The number of nitrogens with two attached hydrogens (primary N) is 1. The number of hydrogen-bond acceptors (Lipinski definition) is 3. The maximum absolute atomic E-state index is 12.3. The number of rotatable bonds is 3. The minimum atomic E-state index is 0.0104. The van der Waals surface area contributed by atoms with Gasteiger partial charge in [0.25, 0.3) is 5.91 Å². The fourth-order valence-electron chi connectivity index (χ4n) is 2.44. The van der Waals surface area contributed by atoms with Gasteiger partial charge in [-0.2, -0.15) is 0 Å². The van der Waals surface area contributed by atoms with Crippen LogP contribution in [0.3, 0.4) is 0 Å². The summed E-state index contributed by atoms with van der Waals surface area (Å²) in [4.78, 5) is 14.2. The Morgan fingerprint density at radius 3 is 3.00 bits per heavy atom. The molecule has 2 heterocycles. The van der Waals surface area contributed by atoms with E-state index in [4.69, 9.17) is 10.2 Å². The summed E-state index contributed by atoms with van der Waals surface area (Å²) in [5.74, 6) is 1.10. The van der Waals surface area contributed by atoms with E-state index in [-0.39, 0.29) is 5.91 Å². The van der Waals surface area contributed by atoms with Crippen LogP contribution in [0.4, 0.5) is 0 Å². The molecule has 0 aromatic carbocycles. The molecule has 0 aliphatic carbocycles. The summed E-state index contributed by atoms with van der Waals surface area (Å²) in [6.07, 6.45) is 4.42. The van der Waals surface area contributed by atoms with Crippen molar-refractivity contribution in [3.05, 3.63) is 23.7 Å². The van der Waals surface area contributed by atoms with Crippen molar-refractivity contribution in [2.45, 2.75) is 45.2 Å². The van der Waals surface area contributed by atoms with Crippen LogP contribution < -0.4 is 5.73 Å². The standard InChI is InChI=1S/C13H20N2O2/c1-2-10-5-3-4-8-15(10)13(16)12-7-6-11(9-14)17-12/h6-7,10H,2-5,8-9,14H2,1H3. The molecule has 0 radical (unpaired) electrons. The first-order chi connectivity index (χ1) is 8.26. The van der Waals surface area contributed by atoms with Crippen LogP contribution in [0.1, 0.15) is 48.9 Å². The smallest absolute Gasteiger partial charge is 0.289 e. The Hall–Kier alpha value is -1.29. The normalized spacial score (nSPS) is 20.6. The SMILES string of the molecule is CCC1CCCCN1C(=O)c1ccc(CN)o1. The lowest BCUT2D eigenvalue weighted by Crippen LogP contribution is -2.43. The molecule has 0 bridgehead atoms. The van der Waals surface area contributed by atoms with Crippen molar-refractivity contribution < 1.29 is 9.21 Å². The van der Waals surface area contributed by atoms with E-state index in [1.807, 2.05) is 4.90 Å². The van der Waals surface area contributed by atoms with Crippen molar-refractivity contribution in [2.75, 3.05) is 6.54 Å². The van der Waals surface area contributed by atoms with E-state index in [0.29, 0.717) is 24.1 Å². The molecule has 1 aromatic rings. The largest absolute Gasteiger partial charge is 0.455 e. The highest BCUT2D eigenvalue weighted by Crippen LogP contribution is 2.22. The zero-order valence-corrected chi connectivity index (χ0v) is 10.3. The lowest BCUT2D eigenvalue weighted by molar-refractivity contribution is 0.0574. The number of carbonyl (C=O) groups excluding carboxylic acids is 1. The highest BCUT2D eigenvalue weighted by molar-refractivity contribution is 5.91. The van der Waals surface area contributed by atoms with Crippen molar-refractivity contribution in [1.29, 1.82) is 0 Å². The number of carbonyl (C=O) groups is 1. The molecule has 2 N–H and O–H groups in total. The number of likely N-dealkylation sites (tertiary alicyclic amines) is 1. The van der Waals surface area contributed by atoms with Crippen molar-refractivity contribution in [2.24, 2.45) is 5.73 Å². The summed E-state index contributed by atoms with van der Waals surface area (Å²) in [5, 5.41) is 0. The minimum absolute atomic E-state index is 0.0104. The molecule has 1 aromatic heterocycles. The third-order valence-corrected chi connectivity index (χ3v) is 3.43. The van der Waals surface area contributed by atoms with Gasteiger partial charge in [0.15, 0.2) is 5.76 Å². The zero-order chi connectivity index (χ0) is 12.3.